The molecule has 0 radical (unpaired) electrons. The van der Waals surface area contributed by atoms with Gasteiger partial charge < -0.3 is 15.3 Å². The average molecular weight is 303 g/mol. The van der Waals surface area contributed by atoms with Crippen LogP contribution in [-0.2, 0) is 17.8 Å². The van der Waals surface area contributed by atoms with Crippen LogP contribution in [0.2, 0.25) is 0 Å². The third-order valence-electron chi connectivity index (χ3n) is 2.58. The molecule has 5 heteroatoms. The average Bonchev–Trinajstić information content (AvgIpc) is 2.34. The van der Waals surface area contributed by atoms with Gasteiger partial charge in [-0.05, 0) is 29.5 Å². The first-order valence-electron chi connectivity index (χ1n) is 5.30. The monoisotopic (exact) mass is 302 g/mol. The summed E-state index contributed by atoms with van der Waals surface area (Å²) in [5.41, 5.74) is 1.67. The van der Waals surface area contributed by atoms with Crippen LogP contribution in [0.4, 0.5) is 0 Å². The number of hydrogen-bond acceptors (Lipinski definition) is 3. The molecule has 1 aromatic carbocycles. The molecule has 0 saturated carbocycles. The maximum atomic E-state index is 10.8. The molecular weight excluding hydrogens is 288 g/mol. The maximum absolute atomic E-state index is 10.8. The predicted octanol–water partition coefficient (Wildman–Crippen LogP) is 1.62. The van der Waals surface area contributed by atoms with Gasteiger partial charge in [-0.25, -0.2) is 4.79 Å². The Kier molecular flexibility index (Phi) is 5.61. The second-order valence-electron chi connectivity index (χ2n) is 3.68. The van der Waals surface area contributed by atoms with E-state index in [4.69, 9.17) is 5.11 Å². The normalized spacial score (nSPS) is 12.4. The second-order valence-corrected chi connectivity index (χ2v) is 4.47. The highest BCUT2D eigenvalue weighted by Gasteiger charge is 2.20. The van der Waals surface area contributed by atoms with Crippen LogP contribution < -0.4 is 0 Å². The molecule has 1 atom stereocenters. The number of aryl methyl sites for hydroxylation is 1. The van der Waals surface area contributed by atoms with Crippen LogP contribution in [0.1, 0.15) is 29.2 Å². The molecule has 0 fully saturated rings. The first-order valence-corrected chi connectivity index (χ1v) is 6.42. The Hall–Kier alpha value is -0.910. The van der Waals surface area contributed by atoms with E-state index in [0.717, 1.165) is 23.7 Å². The van der Waals surface area contributed by atoms with Crippen LogP contribution in [0.15, 0.2) is 18.2 Å². The number of carbonyl (C=O) groups is 1. The van der Waals surface area contributed by atoms with E-state index < -0.39 is 12.1 Å². The lowest BCUT2D eigenvalue weighted by molar-refractivity contribution is -0.147. The van der Waals surface area contributed by atoms with Crippen molar-refractivity contribution in [2.45, 2.75) is 25.6 Å². The zero-order valence-electron chi connectivity index (χ0n) is 9.27. The molecule has 0 bridgehead atoms. The largest absolute Gasteiger partial charge is 0.479 e. The molecule has 0 heterocycles. The van der Waals surface area contributed by atoms with Crippen molar-refractivity contribution in [2.24, 2.45) is 0 Å². The van der Waals surface area contributed by atoms with Gasteiger partial charge in [0.1, 0.15) is 0 Å². The molecule has 17 heavy (non-hydrogen) atoms. The van der Waals surface area contributed by atoms with Crippen molar-refractivity contribution in [1.29, 1.82) is 0 Å². The molecule has 3 N–H and O–H groups in total. The molecule has 1 rings (SSSR count). The molecule has 0 aliphatic rings. The van der Waals surface area contributed by atoms with Gasteiger partial charge in [-0.15, -0.1) is 0 Å². The minimum atomic E-state index is -1.58. The van der Waals surface area contributed by atoms with Gasteiger partial charge in [-0.2, -0.15) is 0 Å². The van der Waals surface area contributed by atoms with Crippen molar-refractivity contribution in [3.63, 3.8) is 0 Å². The van der Waals surface area contributed by atoms with E-state index in [9.17, 15) is 15.0 Å². The Labute approximate surface area is 108 Å². The number of hydrogen-bond donors (Lipinski definition) is 3. The first kappa shape index (κ1) is 14.2. The Morgan fingerprint density at radius 1 is 1.41 bits per heavy atom. The van der Waals surface area contributed by atoms with E-state index in [0.29, 0.717) is 5.56 Å². The van der Waals surface area contributed by atoms with Crippen LogP contribution in [0.5, 0.6) is 0 Å². The van der Waals surface area contributed by atoms with Crippen LogP contribution in [-0.4, -0.2) is 26.6 Å². The highest BCUT2D eigenvalue weighted by molar-refractivity contribution is 9.09. The fourth-order valence-electron chi connectivity index (χ4n) is 1.73. The number of carboxylic acids is 1. The molecule has 1 unspecified atom stereocenters. The molecule has 0 aromatic heterocycles. The standard InChI is InChI=1S/C12H15BrO4/c13-6-2-4-8-3-1-5-9(10(8)7-14)11(15)12(16)17/h1,3,5,11,14-15H,2,4,6-7H2,(H,16,17). The van der Waals surface area contributed by atoms with Crippen LogP contribution >= 0.6 is 15.9 Å². The van der Waals surface area contributed by atoms with Crippen molar-refractivity contribution in [3.8, 4) is 0 Å². The highest BCUT2D eigenvalue weighted by atomic mass is 79.9. The summed E-state index contributed by atoms with van der Waals surface area (Å²) in [6.45, 7) is -0.266. The predicted molar refractivity (Wildman–Crippen MR) is 67.1 cm³/mol. The summed E-state index contributed by atoms with van der Waals surface area (Å²) in [5, 5.41) is 28.5. The molecule has 0 saturated heterocycles. The minimum absolute atomic E-state index is 0.266. The van der Waals surface area contributed by atoms with Crippen molar-refractivity contribution >= 4 is 21.9 Å². The molecule has 1 aromatic rings. The van der Waals surface area contributed by atoms with E-state index in [2.05, 4.69) is 15.9 Å². The molecule has 0 aliphatic carbocycles. The van der Waals surface area contributed by atoms with Crippen LogP contribution in [0.25, 0.3) is 0 Å². The summed E-state index contributed by atoms with van der Waals surface area (Å²) >= 11 is 3.32. The van der Waals surface area contributed by atoms with Gasteiger partial charge >= 0.3 is 5.97 Å². The molecule has 0 aliphatic heterocycles. The molecular formula is C12H15BrO4. The smallest absolute Gasteiger partial charge is 0.337 e. The summed E-state index contributed by atoms with van der Waals surface area (Å²) in [5.74, 6) is -1.31. The van der Waals surface area contributed by atoms with E-state index >= 15 is 0 Å². The lowest BCUT2D eigenvalue weighted by Crippen LogP contribution is -2.14. The number of alkyl halides is 1. The Balaban J connectivity index is 3.09. The van der Waals surface area contributed by atoms with Gasteiger partial charge in [0.05, 0.1) is 6.61 Å². The number of carboxylic acid groups (broad SMARTS) is 1. The molecule has 94 valence electrons. The summed E-state index contributed by atoms with van der Waals surface area (Å²) in [6.07, 6.45) is 0.0436. The SMILES string of the molecule is O=C(O)C(O)c1cccc(CCCBr)c1CO. The van der Waals surface area contributed by atoms with Gasteiger partial charge in [0, 0.05) is 5.33 Å². The lowest BCUT2D eigenvalue weighted by Gasteiger charge is -2.14. The Bertz CT molecular complexity index is 392. The molecule has 0 amide bonds. The van der Waals surface area contributed by atoms with Crippen molar-refractivity contribution in [1.82, 2.24) is 0 Å². The third-order valence-corrected chi connectivity index (χ3v) is 3.14. The summed E-state index contributed by atoms with van der Waals surface area (Å²) in [4.78, 5) is 10.8. The maximum Gasteiger partial charge on any atom is 0.337 e. The van der Waals surface area contributed by atoms with Crippen LogP contribution in [0.3, 0.4) is 0 Å². The highest BCUT2D eigenvalue weighted by Crippen LogP contribution is 2.23. The van der Waals surface area contributed by atoms with Crippen molar-refractivity contribution < 1.29 is 20.1 Å². The minimum Gasteiger partial charge on any atom is -0.479 e. The number of aliphatic hydroxyl groups is 2. The van der Waals surface area contributed by atoms with Crippen LogP contribution in [0, 0.1) is 0 Å². The number of rotatable bonds is 6. The van der Waals surface area contributed by atoms with E-state index in [1.54, 1.807) is 6.07 Å². The lowest BCUT2D eigenvalue weighted by atomic mass is 9.95. The van der Waals surface area contributed by atoms with Crippen molar-refractivity contribution in [3.05, 3.63) is 34.9 Å². The zero-order valence-corrected chi connectivity index (χ0v) is 10.9. The number of benzene rings is 1. The third kappa shape index (κ3) is 3.52. The number of halogens is 1. The Morgan fingerprint density at radius 2 is 2.12 bits per heavy atom. The van der Waals surface area contributed by atoms with E-state index in [-0.39, 0.29) is 12.2 Å². The molecule has 4 nitrogen and oxygen atoms in total. The van der Waals surface area contributed by atoms with E-state index in [1.807, 2.05) is 6.07 Å². The zero-order chi connectivity index (χ0) is 12.8. The van der Waals surface area contributed by atoms with Gasteiger partial charge in [0.15, 0.2) is 6.10 Å². The summed E-state index contributed by atoms with van der Waals surface area (Å²) in [6, 6.07) is 5.07. The fraction of sp³-hybridized carbons (Fsp3) is 0.417. The second kappa shape index (κ2) is 6.74. The van der Waals surface area contributed by atoms with Gasteiger partial charge in [-0.3, -0.25) is 0 Å². The van der Waals surface area contributed by atoms with Gasteiger partial charge in [0.25, 0.3) is 0 Å². The molecule has 0 spiro atoms. The summed E-state index contributed by atoms with van der Waals surface area (Å²) < 4.78 is 0. The van der Waals surface area contributed by atoms with Crippen molar-refractivity contribution in [2.75, 3.05) is 5.33 Å². The first-order chi connectivity index (χ1) is 8.11. The summed E-state index contributed by atoms with van der Waals surface area (Å²) in [7, 11) is 0. The number of aliphatic hydroxyl groups excluding tert-OH is 2. The number of aliphatic carboxylic acids is 1. The fourth-order valence-corrected chi connectivity index (χ4v) is 2.01. The van der Waals surface area contributed by atoms with Gasteiger partial charge in [0.2, 0.25) is 0 Å². The quantitative estimate of drug-likeness (QED) is 0.698. The Morgan fingerprint density at radius 3 is 2.65 bits per heavy atom. The topological polar surface area (TPSA) is 77.8 Å². The van der Waals surface area contributed by atoms with Gasteiger partial charge in [-0.1, -0.05) is 34.1 Å². The van der Waals surface area contributed by atoms with E-state index in [1.165, 1.54) is 6.07 Å².